The van der Waals surface area contributed by atoms with Gasteiger partial charge in [-0.2, -0.15) is 0 Å². The number of nitrogens with one attached hydrogen (secondary N) is 1. The average molecular weight is 351 g/mol. The zero-order valence-corrected chi connectivity index (χ0v) is 15.2. The van der Waals surface area contributed by atoms with E-state index in [1.54, 1.807) is 11.8 Å². The second-order valence-electron chi connectivity index (χ2n) is 7.00. The number of nitrogens with two attached hydrogens (primary N) is 1. The summed E-state index contributed by atoms with van der Waals surface area (Å²) in [5.41, 5.74) is 7.82. The van der Waals surface area contributed by atoms with Gasteiger partial charge in [-0.3, -0.25) is 9.59 Å². The van der Waals surface area contributed by atoms with E-state index in [2.05, 4.69) is 5.32 Å². The van der Waals surface area contributed by atoms with E-state index in [9.17, 15) is 9.59 Å². The van der Waals surface area contributed by atoms with Crippen LogP contribution in [0.4, 0.5) is 5.69 Å². The number of anilines is 1. The van der Waals surface area contributed by atoms with E-state index in [0.717, 1.165) is 29.8 Å². The molecule has 0 aromatic heterocycles. The Morgan fingerprint density at radius 3 is 2.38 bits per heavy atom. The maximum absolute atomic E-state index is 12.7. The van der Waals surface area contributed by atoms with Gasteiger partial charge in [-0.15, -0.1) is 0 Å². The number of benzene rings is 2. The van der Waals surface area contributed by atoms with Crippen LogP contribution in [0.15, 0.2) is 54.6 Å². The van der Waals surface area contributed by atoms with Crippen molar-refractivity contribution in [2.75, 3.05) is 11.4 Å². The summed E-state index contributed by atoms with van der Waals surface area (Å²) in [6, 6.07) is 16.9. The molecule has 3 rings (SSSR count). The summed E-state index contributed by atoms with van der Waals surface area (Å²) < 4.78 is 0. The van der Waals surface area contributed by atoms with Crippen molar-refractivity contribution in [3.05, 3.63) is 65.7 Å². The lowest BCUT2D eigenvalue weighted by molar-refractivity contribution is -0.126. The number of amides is 2. The maximum atomic E-state index is 12.7. The molecule has 0 bridgehead atoms. The zero-order valence-electron chi connectivity index (χ0n) is 15.2. The van der Waals surface area contributed by atoms with Crippen molar-refractivity contribution in [3.63, 3.8) is 0 Å². The van der Waals surface area contributed by atoms with Crippen LogP contribution in [-0.4, -0.2) is 18.4 Å². The minimum Gasteiger partial charge on any atom is -0.348 e. The van der Waals surface area contributed by atoms with Crippen LogP contribution in [0.3, 0.4) is 0 Å². The number of hydrogen-bond acceptors (Lipinski definition) is 3. The molecule has 2 atom stereocenters. The van der Waals surface area contributed by atoms with Crippen molar-refractivity contribution in [1.29, 1.82) is 0 Å². The van der Waals surface area contributed by atoms with Gasteiger partial charge in [0.25, 0.3) is 0 Å². The number of carbonyl (C=O) groups is 2. The quantitative estimate of drug-likeness (QED) is 0.870. The van der Waals surface area contributed by atoms with Crippen LogP contribution in [0.1, 0.15) is 43.9 Å². The Labute approximate surface area is 154 Å². The van der Waals surface area contributed by atoms with Crippen molar-refractivity contribution in [3.8, 4) is 0 Å². The highest BCUT2D eigenvalue weighted by Gasteiger charge is 2.31. The third-order valence-electron chi connectivity index (χ3n) is 4.97. The summed E-state index contributed by atoms with van der Waals surface area (Å²) >= 11 is 0. The molecule has 2 aromatic rings. The molecule has 26 heavy (non-hydrogen) atoms. The van der Waals surface area contributed by atoms with Crippen molar-refractivity contribution < 1.29 is 9.59 Å². The van der Waals surface area contributed by atoms with Crippen LogP contribution in [0.25, 0.3) is 0 Å². The first-order valence-electron chi connectivity index (χ1n) is 8.95. The van der Waals surface area contributed by atoms with Crippen molar-refractivity contribution >= 4 is 17.5 Å². The molecule has 1 aliphatic heterocycles. The van der Waals surface area contributed by atoms with Crippen LogP contribution in [-0.2, 0) is 15.1 Å². The molecule has 0 aliphatic carbocycles. The number of carbonyl (C=O) groups excluding carboxylic acids is 2. The number of rotatable bonds is 5. The van der Waals surface area contributed by atoms with Crippen LogP contribution in [0, 0.1) is 0 Å². The smallest absolute Gasteiger partial charge is 0.244 e. The third kappa shape index (κ3) is 3.63. The molecule has 5 heteroatoms. The lowest BCUT2D eigenvalue weighted by Crippen LogP contribution is -2.49. The first kappa shape index (κ1) is 18.1. The Morgan fingerprint density at radius 1 is 1.15 bits per heavy atom. The van der Waals surface area contributed by atoms with Crippen molar-refractivity contribution in [1.82, 2.24) is 5.32 Å². The molecule has 1 fully saturated rings. The second kappa shape index (κ2) is 7.30. The summed E-state index contributed by atoms with van der Waals surface area (Å²) in [4.78, 5) is 26.3. The van der Waals surface area contributed by atoms with E-state index in [0.29, 0.717) is 6.42 Å². The molecule has 2 unspecified atom stereocenters. The fourth-order valence-electron chi connectivity index (χ4n) is 3.21. The Balaban J connectivity index is 1.68. The normalized spacial score (nSPS) is 17.7. The van der Waals surface area contributed by atoms with Crippen LogP contribution < -0.4 is 16.0 Å². The summed E-state index contributed by atoms with van der Waals surface area (Å²) in [6.07, 6.45) is 1.52. The van der Waals surface area contributed by atoms with Crippen LogP contribution in [0.5, 0.6) is 0 Å². The molecule has 5 nitrogen and oxygen atoms in total. The third-order valence-corrected chi connectivity index (χ3v) is 4.97. The average Bonchev–Trinajstić information content (AvgIpc) is 3.08. The minimum atomic E-state index is -1.10. The first-order chi connectivity index (χ1) is 12.4. The van der Waals surface area contributed by atoms with E-state index >= 15 is 0 Å². The maximum Gasteiger partial charge on any atom is 0.244 e. The predicted octanol–water partition coefficient (Wildman–Crippen LogP) is 2.86. The van der Waals surface area contributed by atoms with Gasteiger partial charge in [0, 0.05) is 18.7 Å². The summed E-state index contributed by atoms with van der Waals surface area (Å²) in [5.74, 6) is -0.0594. The molecular weight excluding hydrogens is 326 g/mol. The van der Waals surface area contributed by atoms with Crippen molar-refractivity contribution in [2.45, 2.75) is 38.3 Å². The van der Waals surface area contributed by atoms with E-state index in [4.69, 9.17) is 5.73 Å². The van der Waals surface area contributed by atoms with E-state index in [-0.39, 0.29) is 17.9 Å². The molecule has 0 saturated carbocycles. The molecule has 0 radical (unpaired) electrons. The van der Waals surface area contributed by atoms with Crippen molar-refractivity contribution in [2.24, 2.45) is 5.73 Å². The molecule has 1 aliphatic rings. The highest BCUT2D eigenvalue weighted by molar-refractivity contribution is 5.95. The van der Waals surface area contributed by atoms with E-state index in [1.165, 1.54) is 0 Å². The number of nitrogens with zero attached hydrogens (tertiary/aromatic N) is 1. The molecule has 1 heterocycles. The zero-order chi connectivity index (χ0) is 18.7. The summed E-state index contributed by atoms with van der Waals surface area (Å²) in [5, 5.41) is 2.99. The number of hydrogen-bond donors (Lipinski definition) is 2. The summed E-state index contributed by atoms with van der Waals surface area (Å²) in [6.45, 7) is 4.41. The molecule has 3 N–H and O–H groups in total. The minimum absolute atomic E-state index is 0.167. The van der Waals surface area contributed by atoms with Gasteiger partial charge < -0.3 is 16.0 Å². The summed E-state index contributed by atoms with van der Waals surface area (Å²) in [7, 11) is 0. The predicted molar refractivity (Wildman–Crippen MR) is 103 cm³/mol. The SMILES string of the molecule is CC(NC(=O)C(C)(N)c1ccccc1)c1ccc(N2CCCC2=O)cc1. The van der Waals surface area contributed by atoms with Gasteiger partial charge in [-0.25, -0.2) is 0 Å². The van der Waals surface area contributed by atoms with Crippen LogP contribution in [0.2, 0.25) is 0 Å². The fraction of sp³-hybridized carbons (Fsp3) is 0.333. The molecular formula is C21H25N3O2. The van der Waals surface area contributed by atoms with Gasteiger partial charge >= 0.3 is 0 Å². The Hall–Kier alpha value is -2.66. The van der Waals surface area contributed by atoms with Gasteiger partial charge in [0.1, 0.15) is 5.54 Å². The highest BCUT2D eigenvalue weighted by Crippen LogP contribution is 2.24. The topological polar surface area (TPSA) is 75.4 Å². The standard InChI is InChI=1S/C21H25N3O2/c1-15(23-20(26)21(2,22)17-7-4-3-5-8-17)16-10-12-18(13-11-16)24-14-6-9-19(24)25/h3-5,7-8,10-13,15H,6,9,14,22H2,1-2H3,(H,23,26). The second-order valence-corrected chi connectivity index (χ2v) is 7.00. The highest BCUT2D eigenvalue weighted by atomic mass is 16.2. The molecule has 0 spiro atoms. The Kier molecular flexibility index (Phi) is 5.09. The van der Waals surface area contributed by atoms with E-state index < -0.39 is 5.54 Å². The van der Waals surface area contributed by atoms with Gasteiger partial charge in [-0.1, -0.05) is 42.5 Å². The van der Waals surface area contributed by atoms with Crippen LogP contribution >= 0.6 is 0 Å². The lowest BCUT2D eigenvalue weighted by Gasteiger charge is -2.26. The molecule has 2 amide bonds. The van der Waals surface area contributed by atoms with Gasteiger partial charge in [-0.05, 0) is 43.5 Å². The monoisotopic (exact) mass is 351 g/mol. The van der Waals surface area contributed by atoms with E-state index in [1.807, 2.05) is 61.5 Å². The first-order valence-corrected chi connectivity index (χ1v) is 8.95. The molecule has 1 saturated heterocycles. The van der Waals surface area contributed by atoms with Gasteiger partial charge in [0.15, 0.2) is 0 Å². The molecule has 2 aromatic carbocycles. The Bertz CT molecular complexity index is 785. The van der Waals surface area contributed by atoms with Gasteiger partial charge in [0.2, 0.25) is 11.8 Å². The lowest BCUT2D eigenvalue weighted by atomic mass is 9.91. The largest absolute Gasteiger partial charge is 0.348 e. The fourth-order valence-corrected chi connectivity index (χ4v) is 3.21. The Morgan fingerprint density at radius 2 is 1.81 bits per heavy atom. The molecule has 136 valence electrons. The van der Waals surface area contributed by atoms with Gasteiger partial charge in [0.05, 0.1) is 6.04 Å².